The number of rotatable bonds is 3. The zero-order valence-corrected chi connectivity index (χ0v) is 11.5. The highest BCUT2D eigenvalue weighted by Gasteiger charge is 2.15. The van der Waals surface area contributed by atoms with Crippen molar-refractivity contribution in [1.82, 2.24) is 10.3 Å². The Morgan fingerprint density at radius 3 is 2.86 bits per heavy atom. The largest absolute Gasteiger partial charge is 0.467 e. The molecule has 5 nitrogen and oxygen atoms in total. The maximum Gasteiger partial charge on any atom is 0.270 e. The second kappa shape index (κ2) is 5.28. The number of carbonyl (C=O) groups excluding carboxylic acids is 1. The fourth-order valence-corrected chi connectivity index (χ4v) is 2.20. The smallest absolute Gasteiger partial charge is 0.270 e. The molecule has 1 aromatic carbocycles. The van der Waals surface area contributed by atoms with Gasteiger partial charge in [-0.15, -0.1) is 0 Å². The maximum absolute atomic E-state index is 12.3. The number of nitrogens with two attached hydrogens (primary N) is 1. The number of amides is 1. The van der Waals surface area contributed by atoms with Crippen molar-refractivity contribution < 1.29 is 9.21 Å². The Kier molecular flexibility index (Phi) is 3.31. The lowest BCUT2D eigenvalue weighted by atomic mass is 10.1. The summed E-state index contributed by atoms with van der Waals surface area (Å²) in [5, 5.41) is 3.68. The third-order valence-electron chi connectivity index (χ3n) is 3.30. The molecule has 21 heavy (non-hydrogen) atoms. The van der Waals surface area contributed by atoms with E-state index in [1.807, 2.05) is 37.3 Å². The van der Waals surface area contributed by atoms with Crippen molar-refractivity contribution in [2.75, 3.05) is 5.73 Å². The number of pyridine rings is 1. The van der Waals surface area contributed by atoms with Gasteiger partial charge in [0.15, 0.2) is 0 Å². The summed E-state index contributed by atoms with van der Waals surface area (Å²) in [5.74, 6) is 0.411. The van der Waals surface area contributed by atoms with Crippen molar-refractivity contribution in [3.63, 3.8) is 0 Å². The summed E-state index contributed by atoms with van der Waals surface area (Å²) in [5.41, 5.74) is 7.52. The second-order valence-electron chi connectivity index (χ2n) is 4.82. The molecule has 0 aliphatic rings. The summed E-state index contributed by atoms with van der Waals surface area (Å²) in [6.07, 6.45) is 1.57. The summed E-state index contributed by atoms with van der Waals surface area (Å²) in [6, 6.07) is 12.4. The molecule has 0 bridgehead atoms. The molecule has 1 atom stereocenters. The lowest BCUT2D eigenvalue weighted by Crippen LogP contribution is -2.27. The summed E-state index contributed by atoms with van der Waals surface area (Å²) < 4.78 is 5.27. The van der Waals surface area contributed by atoms with Gasteiger partial charge in [-0.1, -0.05) is 18.2 Å². The number of carbonyl (C=O) groups is 1. The Labute approximate surface area is 121 Å². The normalized spacial score (nSPS) is 12.2. The molecule has 0 fully saturated rings. The zero-order chi connectivity index (χ0) is 14.8. The van der Waals surface area contributed by atoms with Gasteiger partial charge in [-0.2, -0.15) is 0 Å². The number of anilines is 1. The van der Waals surface area contributed by atoms with Gasteiger partial charge in [-0.3, -0.25) is 4.79 Å². The number of furan rings is 1. The first kappa shape index (κ1) is 13.2. The molecule has 2 heterocycles. The summed E-state index contributed by atoms with van der Waals surface area (Å²) >= 11 is 0. The number of para-hydroxylation sites is 1. The highest BCUT2D eigenvalue weighted by molar-refractivity contribution is 5.99. The van der Waals surface area contributed by atoms with Crippen molar-refractivity contribution >= 4 is 22.5 Å². The molecule has 0 aliphatic carbocycles. The van der Waals surface area contributed by atoms with E-state index in [4.69, 9.17) is 10.2 Å². The topological polar surface area (TPSA) is 81.2 Å². The molecule has 3 aromatic rings. The number of nitrogens with one attached hydrogen (secondary N) is 1. The number of fused-ring (bicyclic) bond motifs is 1. The summed E-state index contributed by atoms with van der Waals surface area (Å²) in [4.78, 5) is 16.6. The van der Waals surface area contributed by atoms with Crippen molar-refractivity contribution in [3.8, 4) is 0 Å². The number of hydrogen-bond donors (Lipinski definition) is 2. The van der Waals surface area contributed by atoms with E-state index in [9.17, 15) is 4.79 Å². The van der Waals surface area contributed by atoms with Crippen molar-refractivity contribution in [2.24, 2.45) is 0 Å². The minimum Gasteiger partial charge on any atom is -0.467 e. The van der Waals surface area contributed by atoms with Gasteiger partial charge in [0.1, 0.15) is 11.5 Å². The van der Waals surface area contributed by atoms with E-state index in [0.717, 1.165) is 5.39 Å². The number of aromatic nitrogens is 1. The molecule has 5 heteroatoms. The zero-order valence-electron chi connectivity index (χ0n) is 11.5. The standard InChI is InChI=1S/C16H15N3O2/c1-10(15-7-4-8-21-15)18-16(20)14-9-12(17)11-5-2-3-6-13(11)19-14/h2-10H,1H3,(H2,17,19)(H,18,20)/t10-/m1/s1. The van der Waals surface area contributed by atoms with Crippen LogP contribution in [-0.2, 0) is 0 Å². The van der Waals surface area contributed by atoms with Crippen molar-refractivity contribution in [2.45, 2.75) is 13.0 Å². The first-order valence-electron chi connectivity index (χ1n) is 6.64. The Bertz CT molecular complexity index is 781. The number of hydrogen-bond acceptors (Lipinski definition) is 4. The predicted octanol–water partition coefficient (Wildman–Crippen LogP) is 2.90. The first-order valence-corrected chi connectivity index (χ1v) is 6.64. The van der Waals surface area contributed by atoms with E-state index in [-0.39, 0.29) is 11.9 Å². The van der Waals surface area contributed by atoms with Gasteiger partial charge in [0.25, 0.3) is 5.91 Å². The van der Waals surface area contributed by atoms with Gasteiger partial charge in [0, 0.05) is 11.1 Å². The number of nitrogen functional groups attached to an aromatic ring is 1. The van der Waals surface area contributed by atoms with Crippen LogP contribution >= 0.6 is 0 Å². The van der Waals surface area contributed by atoms with Crippen LogP contribution in [0, 0.1) is 0 Å². The molecular weight excluding hydrogens is 266 g/mol. The Balaban J connectivity index is 1.88. The van der Waals surface area contributed by atoms with E-state index in [1.54, 1.807) is 18.4 Å². The quantitative estimate of drug-likeness (QED) is 0.773. The maximum atomic E-state index is 12.3. The Hall–Kier alpha value is -2.82. The Morgan fingerprint density at radius 1 is 1.29 bits per heavy atom. The molecule has 3 rings (SSSR count). The van der Waals surface area contributed by atoms with E-state index < -0.39 is 0 Å². The van der Waals surface area contributed by atoms with Crippen LogP contribution in [0.3, 0.4) is 0 Å². The number of benzene rings is 1. The van der Waals surface area contributed by atoms with Crippen LogP contribution in [0.1, 0.15) is 29.2 Å². The second-order valence-corrected chi connectivity index (χ2v) is 4.82. The van der Waals surface area contributed by atoms with Crippen LogP contribution in [-0.4, -0.2) is 10.9 Å². The molecule has 0 saturated heterocycles. The van der Waals surface area contributed by atoms with Gasteiger partial charge >= 0.3 is 0 Å². The molecule has 0 radical (unpaired) electrons. The summed E-state index contributed by atoms with van der Waals surface area (Å²) in [7, 11) is 0. The van der Waals surface area contributed by atoms with Crippen molar-refractivity contribution in [1.29, 1.82) is 0 Å². The van der Waals surface area contributed by atoms with Crippen molar-refractivity contribution in [3.05, 3.63) is 60.2 Å². The SMILES string of the molecule is C[C@@H](NC(=O)c1cc(N)c2ccccc2n1)c1ccco1. The van der Waals surface area contributed by atoms with Gasteiger partial charge in [-0.25, -0.2) is 4.98 Å². The first-order chi connectivity index (χ1) is 10.1. The lowest BCUT2D eigenvalue weighted by molar-refractivity contribution is 0.0930. The highest BCUT2D eigenvalue weighted by Crippen LogP contribution is 2.20. The third-order valence-corrected chi connectivity index (χ3v) is 3.30. The van der Waals surface area contributed by atoms with E-state index in [2.05, 4.69) is 10.3 Å². The van der Waals surface area contributed by atoms with Crippen LogP contribution in [0.15, 0.2) is 53.1 Å². The molecule has 0 unspecified atom stereocenters. The fraction of sp³-hybridized carbons (Fsp3) is 0.125. The minimum absolute atomic E-state index is 0.234. The van der Waals surface area contributed by atoms with Gasteiger partial charge in [0.2, 0.25) is 0 Å². The third kappa shape index (κ3) is 2.58. The van der Waals surface area contributed by atoms with Gasteiger partial charge in [0.05, 0.1) is 17.8 Å². The summed E-state index contributed by atoms with van der Waals surface area (Å²) in [6.45, 7) is 1.85. The predicted molar refractivity (Wildman–Crippen MR) is 80.7 cm³/mol. The molecule has 0 spiro atoms. The molecule has 1 amide bonds. The van der Waals surface area contributed by atoms with Crippen LogP contribution in [0.5, 0.6) is 0 Å². The molecule has 0 aliphatic heterocycles. The van der Waals surface area contributed by atoms with E-state index in [0.29, 0.717) is 22.7 Å². The van der Waals surface area contributed by atoms with Gasteiger partial charge < -0.3 is 15.5 Å². The molecule has 106 valence electrons. The monoisotopic (exact) mass is 281 g/mol. The Morgan fingerprint density at radius 2 is 2.10 bits per heavy atom. The van der Waals surface area contributed by atoms with Crippen LogP contribution < -0.4 is 11.1 Å². The van der Waals surface area contributed by atoms with E-state index >= 15 is 0 Å². The highest BCUT2D eigenvalue weighted by atomic mass is 16.3. The average molecular weight is 281 g/mol. The molecule has 0 saturated carbocycles. The van der Waals surface area contributed by atoms with Gasteiger partial charge in [-0.05, 0) is 31.2 Å². The van der Waals surface area contributed by atoms with Crippen LogP contribution in [0.2, 0.25) is 0 Å². The van der Waals surface area contributed by atoms with Crippen LogP contribution in [0.25, 0.3) is 10.9 Å². The fourth-order valence-electron chi connectivity index (χ4n) is 2.20. The van der Waals surface area contributed by atoms with E-state index in [1.165, 1.54) is 0 Å². The molecule has 2 aromatic heterocycles. The minimum atomic E-state index is -0.281. The van der Waals surface area contributed by atoms with Crippen LogP contribution in [0.4, 0.5) is 5.69 Å². The average Bonchev–Trinajstić information content (AvgIpc) is 3.01. The number of nitrogens with zero attached hydrogens (tertiary/aromatic N) is 1. The molecular formula is C16H15N3O2. The molecule has 3 N–H and O–H groups in total. The lowest BCUT2D eigenvalue weighted by Gasteiger charge is -2.12.